The molecule has 11 nitrogen and oxygen atoms in total. The van der Waals surface area contributed by atoms with E-state index in [1.807, 2.05) is 19.1 Å². The van der Waals surface area contributed by atoms with Crippen molar-refractivity contribution in [1.29, 1.82) is 0 Å². The smallest absolute Gasteiger partial charge is 0.271 e. The van der Waals surface area contributed by atoms with Crippen molar-refractivity contribution in [2.75, 3.05) is 97.1 Å². The van der Waals surface area contributed by atoms with Crippen LogP contribution in [0.25, 0.3) is 0 Å². The lowest BCUT2D eigenvalue weighted by atomic mass is 10.0. The minimum atomic E-state index is -4.27. The van der Waals surface area contributed by atoms with Gasteiger partial charge in [-0.3, -0.25) is 10.1 Å². The SMILES string of the molecule is C[N+](C)(C)CCN1CCCc2ccc(N)cc21.C[N+](C)(C)CCN1CCCc2ccc([N+](=O)[O-])cc21.Cc1ccc(S(=O)(=O)[O-])cc1.[Cl-]. The summed E-state index contributed by atoms with van der Waals surface area (Å²) in [6, 6.07) is 17.4. The van der Waals surface area contributed by atoms with Crippen LogP contribution in [0.4, 0.5) is 22.7 Å². The average molecular weight is 705 g/mol. The predicted molar refractivity (Wildman–Crippen MR) is 190 cm³/mol. The van der Waals surface area contributed by atoms with E-state index in [0.717, 1.165) is 78.0 Å². The van der Waals surface area contributed by atoms with E-state index in [1.54, 1.807) is 24.3 Å². The van der Waals surface area contributed by atoms with Gasteiger partial charge in [-0.05, 0) is 68.0 Å². The number of fused-ring (bicyclic) bond motifs is 2. The first-order chi connectivity index (χ1) is 21.8. The Balaban J connectivity index is 0.000000256. The van der Waals surface area contributed by atoms with E-state index in [-0.39, 0.29) is 27.9 Å². The third-order valence-corrected chi connectivity index (χ3v) is 9.06. The molecule has 0 aliphatic carbocycles. The molecule has 0 amide bonds. The van der Waals surface area contributed by atoms with Crippen LogP contribution in [0.3, 0.4) is 0 Å². The van der Waals surface area contributed by atoms with Gasteiger partial charge in [-0.15, -0.1) is 0 Å². The van der Waals surface area contributed by atoms with Crippen LogP contribution in [0.2, 0.25) is 0 Å². The fourth-order valence-corrected chi connectivity index (χ4v) is 5.90. The number of hydrogen-bond donors (Lipinski definition) is 1. The molecule has 0 radical (unpaired) electrons. The molecule has 13 heteroatoms. The van der Waals surface area contributed by atoms with Gasteiger partial charge in [-0.2, -0.15) is 0 Å². The highest BCUT2D eigenvalue weighted by Gasteiger charge is 2.22. The Bertz CT molecular complexity index is 1610. The Hall–Kier alpha value is -3.42. The summed E-state index contributed by atoms with van der Waals surface area (Å²) < 4.78 is 33.1. The van der Waals surface area contributed by atoms with E-state index in [4.69, 9.17) is 5.73 Å². The van der Waals surface area contributed by atoms with Crippen LogP contribution in [0, 0.1) is 17.0 Å². The number of non-ortho nitro benzene ring substituents is 1. The predicted octanol–water partition coefficient (Wildman–Crippen LogP) is 1.68. The second-order valence-electron chi connectivity index (χ2n) is 14.4. The van der Waals surface area contributed by atoms with Crippen molar-refractivity contribution in [3.05, 3.63) is 87.5 Å². The zero-order valence-electron chi connectivity index (χ0n) is 29.5. The summed E-state index contributed by atoms with van der Waals surface area (Å²) in [7, 11) is 8.95. The summed E-state index contributed by atoms with van der Waals surface area (Å²) in [5.74, 6) is 0. The number of nitrogens with two attached hydrogens (primary N) is 1. The molecule has 0 fully saturated rings. The summed E-state index contributed by atoms with van der Waals surface area (Å²) in [5, 5.41) is 10.9. The molecule has 0 aromatic heterocycles. The van der Waals surface area contributed by atoms with Crippen molar-refractivity contribution in [3.63, 3.8) is 0 Å². The van der Waals surface area contributed by atoms with Crippen molar-refractivity contribution < 1.29 is 39.3 Å². The molecule has 0 atom stereocenters. The molecule has 2 aliphatic rings. The molecule has 0 bridgehead atoms. The number of anilines is 3. The molecule has 48 heavy (non-hydrogen) atoms. The standard InChI is InChI=1S/C14H22N3O2.C14H24N3.C7H8O3S.ClH/c1-17(2,3)10-9-15-8-4-5-12-6-7-13(16(18)19)11-14(12)15;1-17(2,3)10-9-16-8-4-5-12-6-7-13(15)11-14(12)16;1-6-2-4-7(5-3-6)11(8,9)10;/h6-7,11H,4-5,8-10H2,1-3H3;6-7,11H,4-5,8-10,15H2,1-3H3;2-5H,1H3,(H,8,9,10);1H/q2*+1;;/p-2. The highest BCUT2D eigenvalue weighted by molar-refractivity contribution is 7.85. The van der Waals surface area contributed by atoms with Gasteiger partial charge < -0.3 is 41.5 Å². The molecular formula is C35H53ClN6O5S. The van der Waals surface area contributed by atoms with Gasteiger partial charge in [0.1, 0.15) is 10.1 Å². The average Bonchev–Trinajstić information content (AvgIpc) is 2.98. The van der Waals surface area contributed by atoms with Gasteiger partial charge in [0, 0.05) is 42.3 Å². The Kier molecular flexibility index (Phi) is 14.7. The maximum atomic E-state index is 10.9. The van der Waals surface area contributed by atoms with Crippen LogP contribution in [-0.2, 0) is 23.0 Å². The van der Waals surface area contributed by atoms with Crippen LogP contribution in [0.1, 0.15) is 29.5 Å². The van der Waals surface area contributed by atoms with E-state index < -0.39 is 10.1 Å². The number of aryl methyl sites for hydroxylation is 3. The third kappa shape index (κ3) is 13.2. The minimum Gasteiger partial charge on any atom is -1.00 e. The molecule has 5 rings (SSSR count). The van der Waals surface area contributed by atoms with E-state index in [1.165, 1.54) is 41.8 Å². The van der Waals surface area contributed by atoms with E-state index in [2.05, 4.69) is 64.2 Å². The number of likely N-dealkylation sites (N-methyl/N-ethyl adjacent to an activating group) is 2. The summed E-state index contributed by atoms with van der Waals surface area (Å²) >= 11 is 0. The normalized spacial score (nSPS) is 14.2. The van der Waals surface area contributed by atoms with E-state index in [9.17, 15) is 23.1 Å². The van der Waals surface area contributed by atoms with Gasteiger partial charge in [0.25, 0.3) is 5.69 Å². The molecule has 2 aliphatic heterocycles. The summed E-state index contributed by atoms with van der Waals surface area (Å²) in [6.07, 6.45) is 4.60. The van der Waals surface area contributed by atoms with E-state index >= 15 is 0 Å². The molecular weight excluding hydrogens is 652 g/mol. The first-order valence-electron chi connectivity index (χ1n) is 16.1. The fraction of sp³-hybridized carbons (Fsp3) is 0.486. The summed E-state index contributed by atoms with van der Waals surface area (Å²) in [5.41, 5.74) is 13.0. The van der Waals surface area contributed by atoms with Crippen LogP contribution in [0.5, 0.6) is 0 Å². The first-order valence-corrected chi connectivity index (χ1v) is 17.5. The molecule has 0 saturated heterocycles. The van der Waals surface area contributed by atoms with Crippen molar-refractivity contribution in [3.8, 4) is 0 Å². The van der Waals surface area contributed by atoms with Gasteiger partial charge in [-0.1, -0.05) is 29.8 Å². The molecule has 2 heterocycles. The highest BCUT2D eigenvalue weighted by Crippen LogP contribution is 2.31. The Labute approximate surface area is 293 Å². The van der Waals surface area contributed by atoms with Crippen molar-refractivity contribution in [2.24, 2.45) is 0 Å². The summed E-state index contributed by atoms with van der Waals surface area (Å²) in [6.45, 7) is 8.22. The number of nitro groups is 1. The largest absolute Gasteiger partial charge is 1.00 e. The number of nitro benzene ring substituents is 1. The molecule has 0 unspecified atom stereocenters. The fourth-order valence-electron chi connectivity index (χ4n) is 5.43. The number of quaternary nitrogens is 2. The van der Waals surface area contributed by atoms with Crippen molar-refractivity contribution in [2.45, 2.75) is 37.5 Å². The zero-order valence-corrected chi connectivity index (χ0v) is 31.1. The second kappa shape index (κ2) is 17.3. The van der Waals surface area contributed by atoms with Gasteiger partial charge in [0.05, 0.1) is 78.3 Å². The number of rotatable bonds is 8. The Morgan fingerprint density at radius 3 is 1.67 bits per heavy atom. The van der Waals surface area contributed by atoms with Crippen LogP contribution >= 0.6 is 0 Å². The second-order valence-corrected chi connectivity index (χ2v) is 15.8. The summed E-state index contributed by atoms with van der Waals surface area (Å²) in [4.78, 5) is 15.2. The lowest BCUT2D eigenvalue weighted by Crippen LogP contribution is -3.00. The maximum Gasteiger partial charge on any atom is 0.271 e. The van der Waals surface area contributed by atoms with Crippen LogP contribution in [-0.4, -0.2) is 108 Å². The zero-order chi connectivity index (χ0) is 35.0. The topological polar surface area (TPSA) is 133 Å². The Morgan fingerprint density at radius 1 is 0.771 bits per heavy atom. The van der Waals surface area contributed by atoms with Crippen LogP contribution in [0.15, 0.2) is 65.6 Å². The monoisotopic (exact) mass is 704 g/mol. The molecule has 0 spiro atoms. The van der Waals surface area contributed by atoms with Crippen LogP contribution < -0.4 is 27.9 Å². The number of nitrogens with zero attached hydrogens (tertiary/aromatic N) is 5. The lowest BCUT2D eigenvalue weighted by Gasteiger charge is -2.34. The molecule has 2 N–H and O–H groups in total. The third-order valence-electron chi connectivity index (χ3n) is 8.21. The molecule has 3 aromatic carbocycles. The number of halogens is 1. The highest BCUT2D eigenvalue weighted by atomic mass is 35.5. The Morgan fingerprint density at radius 2 is 1.23 bits per heavy atom. The van der Waals surface area contributed by atoms with Gasteiger partial charge in [0.15, 0.2) is 0 Å². The quantitative estimate of drug-likeness (QED) is 0.123. The van der Waals surface area contributed by atoms with Gasteiger partial charge >= 0.3 is 0 Å². The van der Waals surface area contributed by atoms with Crippen molar-refractivity contribution in [1.82, 2.24) is 0 Å². The number of benzene rings is 3. The first kappa shape index (κ1) is 40.8. The lowest BCUT2D eigenvalue weighted by molar-refractivity contribution is -0.868. The maximum absolute atomic E-state index is 10.9. The molecule has 0 saturated carbocycles. The van der Waals surface area contributed by atoms with E-state index in [0.29, 0.717) is 0 Å². The number of nitrogen functional groups attached to an aromatic ring is 1. The molecule has 266 valence electrons. The minimum absolute atomic E-state index is 0. The molecule has 3 aromatic rings. The van der Waals surface area contributed by atoms with Crippen molar-refractivity contribution >= 4 is 32.9 Å². The van der Waals surface area contributed by atoms with Gasteiger partial charge in [-0.25, -0.2) is 8.42 Å². The number of hydrogen-bond acceptors (Lipinski definition) is 8. The van der Waals surface area contributed by atoms with Gasteiger partial charge in [0.2, 0.25) is 0 Å².